The van der Waals surface area contributed by atoms with Crippen LogP contribution >= 0.6 is 11.6 Å². The van der Waals surface area contributed by atoms with E-state index >= 15 is 0 Å². The van der Waals surface area contributed by atoms with Gasteiger partial charge in [0, 0.05) is 36.8 Å². The zero-order valence-electron chi connectivity index (χ0n) is 16.9. The topological polar surface area (TPSA) is 66.7 Å². The van der Waals surface area contributed by atoms with Crippen molar-refractivity contribution in [3.63, 3.8) is 0 Å². The second-order valence-electron chi connectivity index (χ2n) is 8.10. The van der Waals surface area contributed by atoms with Crippen LogP contribution in [0.1, 0.15) is 41.8 Å². The van der Waals surface area contributed by atoms with Crippen LogP contribution in [0.2, 0.25) is 5.02 Å². The van der Waals surface area contributed by atoms with Crippen molar-refractivity contribution in [1.82, 2.24) is 15.0 Å². The number of hydrogen-bond acceptors (Lipinski definition) is 4. The maximum atomic E-state index is 13.4. The quantitative estimate of drug-likeness (QED) is 0.768. The molecule has 1 aliphatic heterocycles. The van der Waals surface area contributed by atoms with Gasteiger partial charge in [-0.2, -0.15) is 0 Å². The Bertz CT molecular complexity index is 890. The van der Waals surface area contributed by atoms with Crippen LogP contribution in [-0.2, 0) is 21.4 Å². The van der Waals surface area contributed by atoms with E-state index in [9.17, 15) is 9.59 Å². The van der Waals surface area contributed by atoms with Gasteiger partial charge in [0.25, 0.3) is 0 Å². The summed E-state index contributed by atoms with van der Waals surface area (Å²) in [5.41, 5.74) is 2.26. The van der Waals surface area contributed by atoms with E-state index in [-0.39, 0.29) is 11.8 Å². The van der Waals surface area contributed by atoms with Gasteiger partial charge >= 0.3 is 0 Å². The Hall–Kier alpha value is -2.34. The van der Waals surface area contributed by atoms with Crippen LogP contribution < -0.4 is 0 Å². The molecule has 154 valence electrons. The first-order valence-corrected chi connectivity index (χ1v) is 10.5. The summed E-state index contributed by atoms with van der Waals surface area (Å²) in [6, 6.07) is 7.66. The van der Waals surface area contributed by atoms with Gasteiger partial charge in [0.15, 0.2) is 0 Å². The molecule has 0 radical (unpaired) electrons. The lowest BCUT2D eigenvalue weighted by molar-refractivity contribution is -0.146. The summed E-state index contributed by atoms with van der Waals surface area (Å²) in [4.78, 5) is 29.8. The van der Waals surface area contributed by atoms with Gasteiger partial charge in [0.05, 0.1) is 17.5 Å². The summed E-state index contributed by atoms with van der Waals surface area (Å²) in [6.07, 6.45) is 3.10. The molecule has 0 atom stereocenters. The number of benzene rings is 1. The normalized spacial score (nSPS) is 18.4. The van der Waals surface area contributed by atoms with E-state index in [2.05, 4.69) is 5.16 Å². The van der Waals surface area contributed by atoms with Crippen molar-refractivity contribution in [1.29, 1.82) is 0 Å². The number of aromatic nitrogens is 1. The number of amides is 2. The fraction of sp³-hybridized carbons (Fsp3) is 0.500. The van der Waals surface area contributed by atoms with Gasteiger partial charge in [0.1, 0.15) is 5.76 Å². The molecule has 7 heteroatoms. The molecule has 29 heavy (non-hydrogen) atoms. The predicted octanol–water partition coefficient (Wildman–Crippen LogP) is 3.28. The van der Waals surface area contributed by atoms with Gasteiger partial charge in [-0.05, 0) is 44.4 Å². The van der Waals surface area contributed by atoms with Crippen molar-refractivity contribution in [3.05, 3.63) is 51.9 Å². The highest BCUT2D eigenvalue weighted by Gasteiger charge is 2.48. The summed E-state index contributed by atoms with van der Waals surface area (Å²) in [7, 11) is 0. The maximum absolute atomic E-state index is 13.4. The van der Waals surface area contributed by atoms with Gasteiger partial charge in [-0.25, -0.2) is 0 Å². The number of nitrogens with zero attached hydrogens (tertiary/aromatic N) is 3. The van der Waals surface area contributed by atoms with Gasteiger partial charge < -0.3 is 14.3 Å². The SMILES string of the molecule is Cc1noc(C)c1CC(=O)N1CCN(C(=O)C2(c3ccc(Cl)cc3)CCC2)CC1. The molecule has 0 spiro atoms. The molecule has 2 aromatic rings. The Morgan fingerprint density at radius 1 is 1.07 bits per heavy atom. The third-order valence-corrected chi connectivity index (χ3v) is 6.69. The molecule has 6 nitrogen and oxygen atoms in total. The summed E-state index contributed by atoms with van der Waals surface area (Å²) in [5, 5.41) is 4.60. The molecule has 0 N–H and O–H groups in total. The van der Waals surface area contributed by atoms with E-state index in [1.807, 2.05) is 47.9 Å². The first kappa shape index (κ1) is 20.0. The average molecular weight is 416 g/mol. The predicted molar refractivity (Wildman–Crippen MR) is 110 cm³/mol. The lowest BCUT2D eigenvalue weighted by Crippen LogP contribution is -2.57. The van der Waals surface area contributed by atoms with Crippen LogP contribution in [0.25, 0.3) is 0 Å². The Morgan fingerprint density at radius 3 is 2.21 bits per heavy atom. The van der Waals surface area contributed by atoms with E-state index < -0.39 is 5.41 Å². The largest absolute Gasteiger partial charge is 0.361 e. The van der Waals surface area contributed by atoms with Crippen LogP contribution in [0.3, 0.4) is 0 Å². The molecular weight excluding hydrogens is 390 g/mol. The Morgan fingerprint density at radius 2 is 1.69 bits per heavy atom. The minimum absolute atomic E-state index is 0.0579. The van der Waals surface area contributed by atoms with Crippen LogP contribution in [0.5, 0.6) is 0 Å². The highest BCUT2D eigenvalue weighted by molar-refractivity contribution is 6.30. The molecule has 2 aliphatic rings. The monoisotopic (exact) mass is 415 g/mol. The van der Waals surface area contributed by atoms with Gasteiger partial charge in [-0.15, -0.1) is 0 Å². The van der Waals surface area contributed by atoms with Crippen LogP contribution in [0.4, 0.5) is 0 Å². The number of rotatable bonds is 4. The minimum Gasteiger partial charge on any atom is -0.361 e. The molecule has 4 rings (SSSR count). The first-order chi connectivity index (χ1) is 13.9. The van der Waals surface area contributed by atoms with Crippen molar-refractivity contribution < 1.29 is 14.1 Å². The molecule has 1 saturated heterocycles. The highest BCUT2D eigenvalue weighted by Crippen LogP contribution is 2.45. The van der Waals surface area contributed by atoms with Crippen LogP contribution in [0.15, 0.2) is 28.8 Å². The maximum Gasteiger partial charge on any atom is 0.233 e. The number of carbonyl (C=O) groups excluding carboxylic acids is 2. The summed E-state index contributed by atoms with van der Waals surface area (Å²) in [5.74, 6) is 0.936. The number of carbonyl (C=O) groups is 2. The second kappa shape index (κ2) is 7.82. The van der Waals surface area contributed by atoms with E-state index in [1.165, 1.54) is 0 Å². The fourth-order valence-electron chi connectivity index (χ4n) is 4.40. The number of halogens is 1. The van der Waals surface area contributed by atoms with E-state index in [1.54, 1.807) is 0 Å². The van der Waals surface area contributed by atoms with Crippen molar-refractivity contribution in [3.8, 4) is 0 Å². The Labute approximate surface area is 175 Å². The fourth-order valence-corrected chi connectivity index (χ4v) is 4.53. The number of piperazine rings is 1. The van der Waals surface area contributed by atoms with Gasteiger partial charge in [-0.3, -0.25) is 9.59 Å². The third-order valence-electron chi connectivity index (χ3n) is 6.44. The summed E-state index contributed by atoms with van der Waals surface area (Å²) in [6.45, 7) is 5.94. The molecular formula is C22H26ClN3O3. The van der Waals surface area contributed by atoms with E-state index in [0.29, 0.717) is 43.4 Å². The zero-order valence-corrected chi connectivity index (χ0v) is 17.7. The molecule has 1 aromatic carbocycles. The number of hydrogen-bond donors (Lipinski definition) is 0. The molecule has 0 unspecified atom stereocenters. The van der Waals surface area contributed by atoms with E-state index in [0.717, 1.165) is 36.1 Å². The second-order valence-corrected chi connectivity index (χ2v) is 8.53. The summed E-state index contributed by atoms with van der Waals surface area (Å²) < 4.78 is 5.16. The Kier molecular flexibility index (Phi) is 5.38. The number of aryl methyl sites for hydroxylation is 2. The Balaban J connectivity index is 1.39. The van der Waals surface area contributed by atoms with Crippen molar-refractivity contribution >= 4 is 23.4 Å². The minimum atomic E-state index is -0.423. The molecule has 0 bridgehead atoms. The van der Waals surface area contributed by atoms with Crippen molar-refractivity contribution in [2.24, 2.45) is 0 Å². The smallest absolute Gasteiger partial charge is 0.233 e. The molecule has 1 saturated carbocycles. The van der Waals surface area contributed by atoms with Crippen LogP contribution in [0, 0.1) is 13.8 Å². The molecule has 1 aromatic heterocycles. The average Bonchev–Trinajstić information content (AvgIpc) is 3.00. The third kappa shape index (κ3) is 3.66. The molecule has 2 fully saturated rings. The lowest BCUT2D eigenvalue weighted by Gasteiger charge is -2.46. The van der Waals surface area contributed by atoms with Crippen molar-refractivity contribution in [2.75, 3.05) is 26.2 Å². The zero-order chi connectivity index (χ0) is 20.6. The molecule has 2 amide bonds. The van der Waals surface area contributed by atoms with Gasteiger partial charge in [0.2, 0.25) is 11.8 Å². The first-order valence-electron chi connectivity index (χ1n) is 10.2. The van der Waals surface area contributed by atoms with Crippen molar-refractivity contribution in [2.45, 2.75) is 44.9 Å². The lowest BCUT2D eigenvalue weighted by atomic mass is 9.63. The summed E-state index contributed by atoms with van der Waals surface area (Å²) >= 11 is 6.02. The molecule has 2 heterocycles. The van der Waals surface area contributed by atoms with Crippen LogP contribution in [-0.4, -0.2) is 52.9 Å². The van der Waals surface area contributed by atoms with Gasteiger partial charge in [-0.1, -0.05) is 35.3 Å². The standard InChI is InChI=1S/C22H26ClN3O3/c1-15-19(16(2)29-24-15)14-20(27)25-10-12-26(13-11-25)21(28)22(8-3-9-22)17-4-6-18(23)7-5-17/h4-7H,3,8-14H2,1-2H3. The van der Waals surface area contributed by atoms with E-state index in [4.69, 9.17) is 16.1 Å². The highest BCUT2D eigenvalue weighted by atomic mass is 35.5. The molecule has 1 aliphatic carbocycles.